The van der Waals surface area contributed by atoms with Gasteiger partial charge in [0.2, 0.25) is 0 Å². The highest BCUT2D eigenvalue weighted by Gasteiger charge is 2.27. The molecule has 0 amide bonds. The fourth-order valence-corrected chi connectivity index (χ4v) is 2.81. The van der Waals surface area contributed by atoms with Crippen molar-refractivity contribution in [2.24, 2.45) is 5.73 Å². The van der Waals surface area contributed by atoms with E-state index in [9.17, 15) is 0 Å². The van der Waals surface area contributed by atoms with Crippen LogP contribution in [0.4, 0.5) is 0 Å². The van der Waals surface area contributed by atoms with Gasteiger partial charge in [-0.1, -0.05) is 17.7 Å². The summed E-state index contributed by atoms with van der Waals surface area (Å²) in [5, 5.41) is 0. The van der Waals surface area contributed by atoms with E-state index in [4.69, 9.17) is 10.5 Å². The molecule has 0 fully saturated rings. The Morgan fingerprint density at radius 2 is 2.16 bits per heavy atom. The Morgan fingerprint density at radius 3 is 2.95 bits per heavy atom. The standard InChI is InChI=1S/C15H15BrN2O/c1-9-2-3-14-12(4-9)13(17)6-15(19-14)10-5-11(16)8-18-7-10/h2-5,7-8,13,15H,6,17H2,1H3. The summed E-state index contributed by atoms with van der Waals surface area (Å²) in [4.78, 5) is 4.19. The summed E-state index contributed by atoms with van der Waals surface area (Å²) >= 11 is 3.44. The summed E-state index contributed by atoms with van der Waals surface area (Å²) in [6.07, 6.45) is 4.34. The zero-order valence-electron chi connectivity index (χ0n) is 10.6. The van der Waals surface area contributed by atoms with Crippen LogP contribution < -0.4 is 10.5 Å². The number of rotatable bonds is 1. The van der Waals surface area contributed by atoms with Gasteiger partial charge in [0.1, 0.15) is 11.9 Å². The van der Waals surface area contributed by atoms with Crippen LogP contribution >= 0.6 is 15.9 Å². The van der Waals surface area contributed by atoms with E-state index in [0.717, 1.165) is 27.8 Å². The molecule has 0 saturated heterocycles. The van der Waals surface area contributed by atoms with Crippen molar-refractivity contribution in [1.82, 2.24) is 4.98 Å². The molecule has 2 aromatic rings. The van der Waals surface area contributed by atoms with Crippen LogP contribution in [-0.4, -0.2) is 4.98 Å². The first kappa shape index (κ1) is 12.6. The average Bonchev–Trinajstić information content (AvgIpc) is 2.39. The van der Waals surface area contributed by atoms with Gasteiger partial charge in [0.25, 0.3) is 0 Å². The highest BCUT2D eigenvalue weighted by molar-refractivity contribution is 9.10. The van der Waals surface area contributed by atoms with E-state index in [1.165, 1.54) is 5.56 Å². The van der Waals surface area contributed by atoms with Gasteiger partial charge in [-0.05, 0) is 35.0 Å². The van der Waals surface area contributed by atoms with Crippen molar-refractivity contribution in [1.29, 1.82) is 0 Å². The third-order valence-corrected chi connectivity index (χ3v) is 3.83. The molecule has 1 aromatic carbocycles. The number of pyridine rings is 1. The van der Waals surface area contributed by atoms with Crippen LogP contribution in [0.25, 0.3) is 0 Å². The van der Waals surface area contributed by atoms with E-state index < -0.39 is 0 Å². The lowest BCUT2D eigenvalue weighted by Crippen LogP contribution is -2.24. The SMILES string of the molecule is Cc1ccc2c(c1)C(N)CC(c1cncc(Br)c1)O2. The van der Waals surface area contributed by atoms with E-state index in [1.807, 2.05) is 24.4 Å². The number of benzene rings is 1. The number of hydrogen-bond donors (Lipinski definition) is 1. The topological polar surface area (TPSA) is 48.1 Å². The maximum absolute atomic E-state index is 6.27. The van der Waals surface area contributed by atoms with Crippen molar-refractivity contribution >= 4 is 15.9 Å². The quantitative estimate of drug-likeness (QED) is 0.872. The second-order valence-electron chi connectivity index (χ2n) is 4.93. The lowest BCUT2D eigenvalue weighted by Gasteiger charge is -2.30. The number of ether oxygens (including phenoxy) is 1. The normalized spacial score (nSPS) is 21.6. The van der Waals surface area contributed by atoms with Gasteiger partial charge in [-0.25, -0.2) is 0 Å². The van der Waals surface area contributed by atoms with Gasteiger partial charge >= 0.3 is 0 Å². The maximum atomic E-state index is 6.27. The summed E-state index contributed by atoms with van der Waals surface area (Å²) in [5.41, 5.74) is 9.63. The van der Waals surface area contributed by atoms with Crippen molar-refractivity contribution in [3.8, 4) is 5.75 Å². The second kappa shape index (κ2) is 4.94. The number of aromatic nitrogens is 1. The monoisotopic (exact) mass is 318 g/mol. The van der Waals surface area contributed by atoms with Crippen LogP contribution in [0.15, 0.2) is 41.1 Å². The zero-order valence-corrected chi connectivity index (χ0v) is 12.2. The summed E-state index contributed by atoms with van der Waals surface area (Å²) in [5.74, 6) is 0.884. The minimum atomic E-state index is -0.0322. The van der Waals surface area contributed by atoms with Gasteiger partial charge in [0, 0.05) is 40.5 Å². The predicted octanol–water partition coefficient (Wildman–Crippen LogP) is 3.68. The molecule has 98 valence electrons. The Kier molecular flexibility index (Phi) is 3.29. The summed E-state index contributed by atoms with van der Waals surface area (Å²) in [7, 11) is 0. The third-order valence-electron chi connectivity index (χ3n) is 3.40. The lowest BCUT2D eigenvalue weighted by atomic mass is 9.93. The smallest absolute Gasteiger partial charge is 0.127 e. The molecule has 1 aromatic heterocycles. The van der Waals surface area contributed by atoms with Gasteiger partial charge in [-0.3, -0.25) is 4.98 Å². The van der Waals surface area contributed by atoms with E-state index in [2.05, 4.69) is 33.9 Å². The third kappa shape index (κ3) is 2.51. The summed E-state index contributed by atoms with van der Waals surface area (Å²) in [6.45, 7) is 2.07. The molecular formula is C15H15BrN2O. The molecule has 2 heterocycles. The highest BCUT2D eigenvalue weighted by Crippen LogP contribution is 2.40. The van der Waals surface area contributed by atoms with Crippen molar-refractivity contribution in [3.05, 3.63) is 57.8 Å². The highest BCUT2D eigenvalue weighted by atomic mass is 79.9. The van der Waals surface area contributed by atoms with Crippen molar-refractivity contribution < 1.29 is 4.74 Å². The first-order chi connectivity index (χ1) is 9.13. The molecule has 2 N–H and O–H groups in total. The predicted molar refractivity (Wildman–Crippen MR) is 78.0 cm³/mol. The molecule has 2 atom stereocenters. The molecule has 1 aliphatic heterocycles. The van der Waals surface area contributed by atoms with Gasteiger partial charge in [0.15, 0.2) is 0 Å². The molecule has 0 radical (unpaired) electrons. The number of halogens is 1. The Bertz CT molecular complexity index is 615. The fraction of sp³-hybridized carbons (Fsp3) is 0.267. The Morgan fingerprint density at radius 1 is 1.32 bits per heavy atom. The average molecular weight is 319 g/mol. The summed E-state index contributed by atoms with van der Waals surface area (Å²) < 4.78 is 7.01. The number of nitrogens with zero attached hydrogens (tertiary/aromatic N) is 1. The molecule has 0 saturated carbocycles. The van der Waals surface area contributed by atoms with Crippen LogP contribution in [0.2, 0.25) is 0 Å². The van der Waals surface area contributed by atoms with E-state index >= 15 is 0 Å². The van der Waals surface area contributed by atoms with Crippen molar-refractivity contribution in [2.45, 2.75) is 25.5 Å². The molecule has 1 aliphatic rings. The maximum Gasteiger partial charge on any atom is 0.127 e. The number of aryl methyl sites for hydroxylation is 1. The van der Waals surface area contributed by atoms with Crippen LogP contribution in [0.3, 0.4) is 0 Å². The molecular weight excluding hydrogens is 304 g/mol. The van der Waals surface area contributed by atoms with Gasteiger partial charge in [-0.2, -0.15) is 0 Å². The first-order valence-electron chi connectivity index (χ1n) is 6.27. The van der Waals surface area contributed by atoms with Crippen molar-refractivity contribution in [2.75, 3.05) is 0 Å². The number of fused-ring (bicyclic) bond motifs is 1. The molecule has 3 rings (SSSR count). The van der Waals surface area contributed by atoms with Gasteiger partial charge in [-0.15, -0.1) is 0 Å². The minimum Gasteiger partial charge on any atom is -0.485 e. The van der Waals surface area contributed by atoms with E-state index in [-0.39, 0.29) is 12.1 Å². The molecule has 0 bridgehead atoms. The Labute approximate surface area is 120 Å². The fourth-order valence-electron chi connectivity index (χ4n) is 2.43. The zero-order chi connectivity index (χ0) is 13.4. The molecule has 3 nitrogen and oxygen atoms in total. The van der Waals surface area contributed by atoms with Gasteiger partial charge < -0.3 is 10.5 Å². The molecule has 2 unspecified atom stereocenters. The van der Waals surface area contributed by atoms with Crippen LogP contribution in [0.1, 0.15) is 35.3 Å². The first-order valence-corrected chi connectivity index (χ1v) is 7.06. The molecule has 19 heavy (non-hydrogen) atoms. The molecule has 4 heteroatoms. The minimum absolute atomic E-state index is 0.00707. The molecule has 0 spiro atoms. The second-order valence-corrected chi connectivity index (χ2v) is 5.84. The lowest BCUT2D eigenvalue weighted by molar-refractivity contribution is 0.161. The number of nitrogens with two attached hydrogens (primary N) is 1. The van der Waals surface area contributed by atoms with E-state index in [1.54, 1.807) is 6.20 Å². The number of hydrogen-bond acceptors (Lipinski definition) is 3. The summed E-state index contributed by atoms with van der Waals surface area (Å²) in [6, 6.07) is 8.20. The Balaban J connectivity index is 1.95. The molecule has 0 aliphatic carbocycles. The Hall–Kier alpha value is -1.39. The van der Waals surface area contributed by atoms with Gasteiger partial charge in [0.05, 0.1) is 0 Å². The van der Waals surface area contributed by atoms with E-state index in [0.29, 0.717) is 0 Å². The van der Waals surface area contributed by atoms with Crippen molar-refractivity contribution in [3.63, 3.8) is 0 Å². The van der Waals surface area contributed by atoms with Crippen LogP contribution in [0, 0.1) is 6.92 Å². The van der Waals surface area contributed by atoms with Crippen LogP contribution in [-0.2, 0) is 0 Å². The largest absolute Gasteiger partial charge is 0.485 e. The van der Waals surface area contributed by atoms with Crippen LogP contribution in [0.5, 0.6) is 5.75 Å².